The SMILES string of the molecule is Oc1ccc(Oc2ccc(F)cc2)[c]c1Br. The normalized spacial score (nSPS) is 10.1. The van der Waals surface area contributed by atoms with Crippen LogP contribution >= 0.6 is 15.9 Å². The fourth-order valence-corrected chi connectivity index (χ4v) is 1.46. The summed E-state index contributed by atoms with van der Waals surface area (Å²) in [6.07, 6.45) is 0. The van der Waals surface area contributed by atoms with Crippen molar-refractivity contribution >= 4 is 15.9 Å². The molecule has 1 radical (unpaired) electrons. The molecule has 2 aromatic rings. The molecular weight excluding hydrogens is 275 g/mol. The molecule has 4 heteroatoms. The van der Waals surface area contributed by atoms with Crippen molar-refractivity contribution in [3.8, 4) is 17.2 Å². The van der Waals surface area contributed by atoms with Crippen molar-refractivity contribution in [1.82, 2.24) is 0 Å². The molecule has 81 valence electrons. The van der Waals surface area contributed by atoms with E-state index >= 15 is 0 Å². The molecule has 0 aliphatic rings. The molecule has 0 aliphatic carbocycles. The van der Waals surface area contributed by atoms with Gasteiger partial charge in [0.25, 0.3) is 0 Å². The predicted octanol–water partition coefficient (Wildman–Crippen LogP) is 3.89. The van der Waals surface area contributed by atoms with Gasteiger partial charge in [-0.1, -0.05) is 0 Å². The van der Waals surface area contributed by atoms with E-state index in [2.05, 4.69) is 22.0 Å². The average molecular weight is 282 g/mol. The molecule has 0 aliphatic heterocycles. The van der Waals surface area contributed by atoms with E-state index < -0.39 is 0 Å². The molecular formula is C12H7BrFO2. The minimum atomic E-state index is -0.316. The third kappa shape index (κ3) is 2.52. The Balaban J connectivity index is 2.20. The Morgan fingerprint density at radius 2 is 1.81 bits per heavy atom. The fraction of sp³-hybridized carbons (Fsp3) is 0. The van der Waals surface area contributed by atoms with Crippen LogP contribution in [0, 0.1) is 11.9 Å². The Hall–Kier alpha value is -1.55. The van der Waals surface area contributed by atoms with Crippen LogP contribution in [0.5, 0.6) is 17.2 Å². The van der Waals surface area contributed by atoms with Gasteiger partial charge in [-0.2, -0.15) is 0 Å². The van der Waals surface area contributed by atoms with Gasteiger partial charge in [0.1, 0.15) is 23.1 Å². The topological polar surface area (TPSA) is 29.5 Å². The van der Waals surface area contributed by atoms with Gasteiger partial charge in [-0.05, 0) is 52.3 Å². The third-order valence-corrected chi connectivity index (χ3v) is 2.50. The van der Waals surface area contributed by atoms with E-state index in [0.717, 1.165) is 0 Å². The lowest BCUT2D eigenvalue weighted by Gasteiger charge is -2.05. The maximum atomic E-state index is 12.6. The second-order valence-electron chi connectivity index (χ2n) is 3.08. The summed E-state index contributed by atoms with van der Waals surface area (Å²) in [5, 5.41) is 9.26. The monoisotopic (exact) mass is 281 g/mol. The highest BCUT2D eigenvalue weighted by atomic mass is 79.9. The van der Waals surface area contributed by atoms with Crippen molar-refractivity contribution in [3.05, 3.63) is 52.8 Å². The molecule has 0 saturated heterocycles. The first kappa shape index (κ1) is 11.0. The van der Waals surface area contributed by atoms with Gasteiger partial charge in [0.05, 0.1) is 4.47 Å². The number of rotatable bonds is 2. The standard InChI is InChI=1S/C12H7BrFO2/c13-11-7-10(5-6-12(11)15)16-9-3-1-8(14)2-4-9/h1-6,15H. The number of phenolic OH excluding ortho intramolecular Hbond substituents is 1. The first-order valence-electron chi connectivity index (χ1n) is 4.49. The van der Waals surface area contributed by atoms with Crippen molar-refractivity contribution < 1.29 is 14.2 Å². The Bertz CT molecular complexity index is 497. The van der Waals surface area contributed by atoms with E-state index in [1.54, 1.807) is 6.07 Å². The molecule has 2 aromatic carbocycles. The van der Waals surface area contributed by atoms with Gasteiger partial charge in [0.15, 0.2) is 0 Å². The van der Waals surface area contributed by atoms with Crippen LogP contribution in [0.1, 0.15) is 0 Å². The summed E-state index contributed by atoms with van der Waals surface area (Å²) in [4.78, 5) is 0. The molecule has 0 atom stereocenters. The summed E-state index contributed by atoms with van der Waals surface area (Å²) in [5.74, 6) is 0.723. The highest BCUT2D eigenvalue weighted by molar-refractivity contribution is 9.10. The number of aromatic hydroxyl groups is 1. The largest absolute Gasteiger partial charge is 0.507 e. The van der Waals surface area contributed by atoms with Gasteiger partial charge >= 0.3 is 0 Å². The van der Waals surface area contributed by atoms with E-state index in [9.17, 15) is 9.50 Å². The van der Waals surface area contributed by atoms with E-state index in [4.69, 9.17) is 4.74 Å². The van der Waals surface area contributed by atoms with Crippen LogP contribution in [0.25, 0.3) is 0 Å². The average Bonchev–Trinajstić information content (AvgIpc) is 2.27. The first-order valence-corrected chi connectivity index (χ1v) is 5.28. The van der Waals surface area contributed by atoms with Crippen LogP contribution in [-0.2, 0) is 0 Å². The number of ether oxygens (including phenoxy) is 1. The molecule has 0 amide bonds. The maximum absolute atomic E-state index is 12.6. The van der Waals surface area contributed by atoms with Gasteiger partial charge in [0, 0.05) is 6.07 Å². The van der Waals surface area contributed by atoms with Gasteiger partial charge < -0.3 is 9.84 Å². The molecule has 0 heterocycles. The second-order valence-corrected chi connectivity index (χ2v) is 3.87. The van der Waals surface area contributed by atoms with Gasteiger partial charge in [-0.25, -0.2) is 4.39 Å². The van der Waals surface area contributed by atoms with E-state index in [0.29, 0.717) is 16.0 Å². The van der Waals surface area contributed by atoms with Crippen LogP contribution in [0.15, 0.2) is 40.9 Å². The summed E-state index contributed by atoms with van der Waals surface area (Å²) in [6.45, 7) is 0. The Labute approximate surface area is 100 Å². The number of benzene rings is 2. The third-order valence-electron chi connectivity index (χ3n) is 1.89. The Morgan fingerprint density at radius 1 is 1.12 bits per heavy atom. The van der Waals surface area contributed by atoms with Crippen molar-refractivity contribution in [3.63, 3.8) is 0 Å². The minimum Gasteiger partial charge on any atom is -0.507 e. The molecule has 0 fully saturated rings. The van der Waals surface area contributed by atoms with Crippen molar-refractivity contribution in [2.75, 3.05) is 0 Å². The van der Waals surface area contributed by atoms with Gasteiger partial charge in [-0.15, -0.1) is 0 Å². The summed E-state index contributed by atoms with van der Waals surface area (Å²) in [5.41, 5.74) is 0. The summed E-state index contributed by atoms with van der Waals surface area (Å²) in [6, 6.07) is 11.5. The molecule has 2 nitrogen and oxygen atoms in total. The van der Waals surface area contributed by atoms with Gasteiger partial charge in [0.2, 0.25) is 0 Å². The summed E-state index contributed by atoms with van der Waals surface area (Å²) in [7, 11) is 0. The lowest BCUT2D eigenvalue weighted by atomic mass is 10.3. The highest BCUT2D eigenvalue weighted by Crippen LogP contribution is 2.29. The quantitative estimate of drug-likeness (QED) is 0.905. The maximum Gasteiger partial charge on any atom is 0.136 e. The lowest BCUT2D eigenvalue weighted by molar-refractivity contribution is 0.460. The van der Waals surface area contributed by atoms with Crippen LogP contribution in [0.3, 0.4) is 0 Å². The Kier molecular flexibility index (Phi) is 3.10. The lowest BCUT2D eigenvalue weighted by Crippen LogP contribution is -1.84. The van der Waals surface area contributed by atoms with Crippen molar-refractivity contribution in [2.45, 2.75) is 0 Å². The van der Waals surface area contributed by atoms with Gasteiger partial charge in [-0.3, -0.25) is 0 Å². The fourth-order valence-electron chi connectivity index (χ4n) is 1.13. The first-order chi connectivity index (χ1) is 7.65. The molecule has 0 bridgehead atoms. The zero-order valence-electron chi connectivity index (χ0n) is 8.08. The van der Waals surface area contributed by atoms with Crippen molar-refractivity contribution in [2.24, 2.45) is 0 Å². The van der Waals surface area contributed by atoms with Crippen LogP contribution < -0.4 is 4.74 Å². The predicted molar refractivity (Wildman–Crippen MR) is 61.1 cm³/mol. The Morgan fingerprint density at radius 3 is 2.44 bits per heavy atom. The number of phenols is 1. The molecule has 2 rings (SSSR count). The molecule has 16 heavy (non-hydrogen) atoms. The number of hydrogen-bond acceptors (Lipinski definition) is 2. The second kappa shape index (κ2) is 4.53. The summed E-state index contributed by atoms with van der Waals surface area (Å²) < 4.78 is 18.5. The highest BCUT2D eigenvalue weighted by Gasteiger charge is 2.02. The van der Waals surface area contributed by atoms with Crippen LogP contribution in [0.2, 0.25) is 0 Å². The molecule has 0 unspecified atom stereocenters. The molecule has 1 N–H and O–H groups in total. The minimum absolute atomic E-state index is 0.0893. The van der Waals surface area contributed by atoms with Crippen LogP contribution in [-0.4, -0.2) is 5.11 Å². The van der Waals surface area contributed by atoms with E-state index in [1.807, 2.05) is 0 Å². The molecule has 0 spiro atoms. The zero-order valence-corrected chi connectivity index (χ0v) is 9.66. The summed E-state index contributed by atoms with van der Waals surface area (Å²) >= 11 is 3.13. The zero-order chi connectivity index (χ0) is 11.5. The smallest absolute Gasteiger partial charge is 0.136 e. The molecule has 0 saturated carbocycles. The van der Waals surface area contributed by atoms with E-state index in [-0.39, 0.29) is 11.6 Å². The van der Waals surface area contributed by atoms with Crippen LogP contribution in [0.4, 0.5) is 4.39 Å². The van der Waals surface area contributed by atoms with E-state index in [1.165, 1.54) is 30.3 Å². The number of halogens is 2. The number of hydrogen-bond donors (Lipinski definition) is 1. The molecule has 0 aromatic heterocycles. The van der Waals surface area contributed by atoms with Crippen molar-refractivity contribution in [1.29, 1.82) is 0 Å².